The van der Waals surface area contributed by atoms with Gasteiger partial charge >= 0.3 is 11.9 Å². The van der Waals surface area contributed by atoms with Crippen LogP contribution in [0.3, 0.4) is 0 Å². The van der Waals surface area contributed by atoms with Crippen LogP contribution in [-0.2, 0) is 14.3 Å². The number of aliphatic carboxylic acids is 1. The van der Waals surface area contributed by atoms with Gasteiger partial charge in [0, 0.05) is 0 Å². The Hall–Kier alpha value is -1.06. The highest BCUT2D eigenvalue weighted by atomic mass is 16.5. The summed E-state index contributed by atoms with van der Waals surface area (Å²) >= 11 is 0. The van der Waals surface area contributed by atoms with Crippen molar-refractivity contribution in [3.05, 3.63) is 0 Å². The summed E-state index contributed by atoms with van der Waals surface area (Å²) in [6.45, 7) is 2.53. The van der Waals surface area contributed by atoms with Crippen LogP contribution in [0.15, 0.2) is 0 Å². The summed E-state index contributed by atoms with van der Waals surface area (Å²) in [5, 5.41) is 9.26. The zero-order chi connectivity index (χ0) is 13.1. The van der Waals surface area contributed by atoms with E-state index in [1.54, 1.807) is 0 Å². The fraction of sp³-hybridized carbons (Fsp3) is 0.857. The molecule has 102 valence electrons. The predicted octanol–water partition coefficient (Wildman–Crippen LogP) is 2.47. The minimum absolute atomic E-state index is 0.195. The molecule has 2 fully saturated rings. The van der Waals surface area contributed by atoms with Crippen molar-refractivity contribution in [1.29, 1.82) is 0 Å². The second-order valence-corrected chi connectivity index (χ2v) is 5.60. The van der Waals surface area contributed by atoms with Gasteiger partial charge in [-0.1, -0.05) is 19.8 Å². The molecule has 0 amide bonds. The Balaban J connectivity index is 1.90. The van der Waals surface area contributed by atoms with Crippen molar-refractivity contribution in [2.75, 3.05) is 6.61 Å². The van der Waals surface area contributed by atoms with E-state index in [-0.39, 0.29) is 23.7 Å². The molecule has 0 saturated heterocycles. The molecule has 4 heteroatoms. The van der Waals surface area contributed by atoms with Crippen molar-refractivity contribution in [2.45, 2.75) is 45.4 Å². The Kier molecular flexibility index (Phi) is 4.25. The number of hydrogen-bond acceptors (Lipinski definition) is 3. The predicted molar refractivity (Wildman–Crippen MR) is 65.9 cm³/mol. The number of hydrogen-bond donors (Lipinski definition) is 1. The Labute approximate surface area is 108 Å². The summed E-state index contributed by atoms with van der Waals surface area (Å²) in [5.41, 5.74) is 0. The summed E-state index contributed by atoms with van der Waals surface area (Å²) in [4.78, 5) is 23.3. The average Bonchev–Trinajstić information content (AvgIpc) is 2.94. The lowest BCUT2D eigenvalue weighted by Crippen LogP contribution is -2.35. The highest BCUT2D eigenvalue weighted by molar-refractivity contribution is 5.82. The second-order valence-electron chi connectivity index (χ2n) is 5.60. The van der Waals surface area contributed by atoms with E-state index in [2.05, 4.69) is 6.92 Å². The van der Waals surface area contributed by atoms with E-state index in [4.69, 9.17) is 4.74 Å². The van der Waals surface area contributed by atoms with E-state index in [9.17, 15) is 14.7 Å². The maximum Gasteiger partial charge on any atom is 0.310 e. The van der Waals surface area contributed by atoms with Gasteiger partial charge in [0.2, 0.25) is 0 Å². The fourth-order valence-electron chi connectivity index (χ4n) is 3.61. The van der Waals surface area contributed by atoms with Gasteiger partial charge in [-0.3, -0.25) is 9.59 Å². The molecule has 0 heterocycles. The Morgan fingerprint density at radius 1 is 1.17 bits per heavy atom. The number of unbranched alkanes of at least 4 members (excludes halogenated alkanes) is 2. The van der Waals surface area contributed by atoms with Gasteiger partial charge in [-0.15, -0.1) is 0 Å². The van der Waals surface area contributed by atoms with E-state index < -0.39 is 11.9 Å². The van der Waals surface area contributed by atoms with E-state index in [0.717, 1.165) is 38.5 Å². The van der Waals surface area contributed by atoms with Gasteiger partial charge in [0.05, 0.1) is 18.4 Å². The topological polar surface area (TPSA) is 63.6 Å². The quantitative estimate of drug-likeness (QED) is 0.584. The number of fused-ring (bicyclic) bond motifs is 2. The third kappa shape index (κ3) is 2.52. The van der Waals surface area contributed by atoms with Gasteiger partial charge in [0.15, 0.2) is 0 Å². The minimum Gasteiger partial charge on any atom is -0.481 e. The normalized spacial score (nSPS) is 33.6. The summed E-state index contributed by atoms with van der Waals surface area (Å²) in [7, 11) is 0. The molecule has 2 aliphatic carbocycles. The molecule has 4 atom stereocenters. The number of rotatable bonds is 6. The van der Waals surface area contributed by atoms with Crippen molar-refractivity contribution < 1.29 is 19.4 Å². The zero-order valence-electron chi connectivity index (χ0n) is 10.9. The van der Waals surface area contributed by atoms with Crippen LogP contribution in [-0.4, -0.2) is 23.7 Å². The van der Waals surface area contributed by atoms with Crippen LogP contribution in [0.2, 0.25) is 0 Å². The molecule has 2 bridgehead atoms. The van der Waals surface area contributed by atoms with Crippen LogP contribution in [0.5, 0.6) is 0 Å². The third-order valence-electron chi connectivity index (χ3n) is 4.47. The molecule has 0 radical (unpaired) electrons. The van der Waals surface area contributed by atoms with Crippen molar-refractivity contribution in [2.24, 2.45) is 23.7 Å². The van der Waals surface area contributed by atoms with Crippen molar-refractivity contribution >= 4 is 11.9 Å². The smallest absolute Gasteiger partial charge is 0.310 e. The van der Waals surface area contributed by atoms with Crippen molar-refractivity contribution in [1.82, 2.24) is 0 Å². The van der Waals surface area contributed by atoms with E-state index in [0.29, 0.717) is 6.61 Å². The summed E-state index contributed by atoms with van der Waals surface area (Å²) in [6.07, 6.45) is 5.85. The molecule has 4 nitrogen and oxygen atoms in total. The zero-order valence-corrected chi connectivity index (χ0v) is 10.9. The SMILES string of the molecule is CCCCCOC(=O)C1C2CCC(C2)C1C(=O)O. The first-order chi connectivity index (χ1) is 8.65. The third-order valence-corrected chi connectivity index (χ3v) is 4.47. The molecule has 2 aliphatic rings. The maximum absolute atomic E-state index is 12.0. The van der Waals surface area contributed by atoms with Crippen LogP contribution in [0.4, 0.5) is 0 Å². The van der Waals surface area contributed by atoms with Gasteiger partial charge in [0.1, 0.15) is 0 Å². The van der Waals surface area contributed by atoms with Crippen LogP contribution < -0.4 is 0 Å². The highest BCUT2D eigenvalue weighted by Gasteiger charge is 2.54. The average molecular weight is 254 g/mol. The van der Waals surface area contributed by atoms with Gasteiger partial charge < -0.3 is 9.84 Å². The largest absolute Gasteiger partial charge is 0.481 e. The van der Waals surface area contributed by atoms with Gasteiger partial charge in [-0.05, 0) is 37.5 Å². The van der Waals surface area contributed by atoms with Gasteiger partial charge in [0.25, 0.3) is 0 Å². The number of carbonyl (C=O) groups is 2. The number of ether oxygens (including phenoxy) is 1. The summed E-state index contributed by atoms with van der Waals surface area (Å²) in [6, 6.07) is 0. The molecule has 0 aromatic rings. The monoisotopic (exact) mass is 254 g/mol. The second kappa shape index (κ2) is 5.72. The first-order valence-electron chi connectivity index (χ1n) is 7.04. The molecule has 0 aromatic carbocycles. The lowest BCUT2D eigenvalue weighted by molar-refractivity contribution is -0.160. The van der Waals surface area contributed by atoms with Gasteiger partial charge in [-0.25, -0.2) is 0 Å². The van der Waals surface area contributed by atoms with Gasteiger partial charge in [-0.2, -0.15) is 0 Å². The first kappa shape index (κ1) is 13.4. The first-order valence-corrected chi connectivity index (χ1v) is 7.04. The molecule has 2 saturated carbocycles. The number of carbonyl (C=O) groups excluding carboxylic acids is 1. The molecule has 4 unspecified atom stereocenters. The van der Waals surface area contributed by atoms with Crippen molar-refractivity contribution in [3.63, 3.8) is 0 Å². The lowest BCUT2D eigenvalue weighted by Gasteiger charge is -2.26. The summed E-state index contributed by atoms with van der Waals surface area (Å²) < 4.78 is 5.26. The molecular weight excluding hydrogens is 232 g/mol. The highest BCUT2D eigenvalue weighted by Crippen LogP contribution is 2.52. The lowest BCUT2D eigenvalue weighted by atomic mass is 9.79. The molecular formula is C14H22O4. The standard InChI is InChI=1S/C14H22O4/c1-2-3-4-7-18-14(17)12-10-6-5-9(8-10)11(12)13(15)16/h9-12H,2-8H2,1H3,(H,15,16). The number of carboxylic acid groups (broad SMARTS) is 1. The number of carboxylic acids is 1. The van der Waals surface area contributed by atoms with Crippen molar-refractivity contribution in [3.8, 4) is 0 Å². The molecule has 0 spiro atoms. The van der Waals surface area contributed by atoms with Crippen LogP contribution in [0.1, 0.15) is 45.4 Å². The molecule has 2 rings (SSSR count). The van der Waals surface area contributed by atoms with E-state index in [1.165, 1.54) is 0 Å². The van der Waals surface area contributed by atoms with Crippen LogP contribution >= 0.6 is 0 Å². The summed E-state index contributed by atoms with van der Waals surface area (Å²) in [5.74, 6) is -1.54. The Bertz CT molecular complexity index is 326. The molecule has 18 heavy (non-hydrogen) atoms. The Morgan fingerprint density at radius 2 is 1.83 bits per heavy atom. The van der Waals surface area contributed by atoms with Crippen LogP contribution in [0, 0.1) is 23.7 Å². The van der Waals surface area contributed by atoms with E-state index in [1.807, 2.05) is 0 Å². The molecule has 1 N–H and O–H groups in total. The minimum atomic E-state index is -0.822. The van der Waals surface area contributed by atoms with Crippen LogP contribution in [0.25, 0.3) is 0 Å². The number of esters is 1. The molecule has 0 aromatic heterocycles. The fourth-order valence-corrected chi connectivity index (χ4v) is 3.61. The Morgan fingerprint density at radius 3 is 2.44 bits per heavy atom. The van der Waals surface area contributed by atoms with E-state index >= 15 is 0 Å². The maximum atomic E-state index is 12.0. The molecule has 0 aliphatic heterocycles.